The molecule has 7 heteroatoms. The van der Waals surface area contributed by atoms with Gasteiger partial charge in [-0.25, -0.2) is 0 Å². The molecule has 0 aliphatic heterocycles. The number of carbonyl (C=O) groups is 1. The van der Waals surface area contributed by atoms with Gasteiger partial charge in [0, 0.05) is 18.8 Å². The number of ether oxygens (including phenoxy) is 2. The highest BCUT2D eigenvalue weighted by Crippen LogP contribution is 2.29. The number of nitrogens with zero attached hydrogens (tertiary/aromatic N) is 3. The van der Waals surface area contributed by atoms with Gasteiger partial charge in [-0.05, 0) is 49.2 Å². The van der Waals surface area contributed by atoms with Gasteiger partial charge >= 0.3 is 0 Å². The fraction of sp³-hybridized carbons (Fsp3) is 0.333. The van der Waals surface area contributed by atoms with Crippen LogP contribution in [0, 0.1) is 25.2 Å². The molecule has 178 valence electrons. The number of nitriles is 1. The van der Waals surface area contributed by atoms with Crippen molar-refractivity contribution < 1.29 is 14.3 Å². The van der Waals surface area contributed by atoms with Crippen molar-refractivity contribution in [2.45, 2.75) is 33.9 Å². The molecule has 0 radical (unpaired) electrons. The largest absolute Gasteiger partial charge is 0.493 e. The molecule has 0 aliphatic carbocycles. The molecule has 0 atom stereocenters. The van der Waals surface area contributed by atoms with Crippen LogP contribution in [0.1, 0.15) is 34.9 Å². The van der Waals surface area contributed by atoms with Gasteiger partial charge in [0.1, 0.15) is 11.9 Å². The average molecular weight is 461 g/mol. The van der Waals surface area contributed by atoms with Crippen LogP contribution >= 0.6 is 0 Å². The number of likely N-dealkylation sites (N-methyl/N-ethyl adjacent to an activating group) is 1. The molecule has 0 spiro atoms. The lowest BCUT2D eigenvalue weighted by Gasteiger charge is -2.21. The van der Waals surface area contributed by atoms with E-state index in [1.54, 1.807) is 14.2 Å². The van der Waals surface area contributed by atoms with Crippen molar-refractivity contribution in [3.8, 4) is 17.6 Å². The Hall–Kier alpha value is -3.76. The summed E-state index contributed by atoms with van der Waals surface area (Å²) in [5.41, 5.74) is 4.47. The molecule has 1 N–H and O–H groups in total. The minimum Gasteiger partial charge on any atom is -0.493 e. The summed E-state index contributed by atoms with van der Waals surface area (Å²) in [6.45, 7) is 7.96. The van der Waals surface area contributed by atoms with E-state index in [0.717, 1.165) is 22.4 Å². The topological polar surface area (TPSA) is 79.5 Å². The van der Waals surface area contributed by atoms with Crippen LogP contribution in [0.15, 0.2) is 48.5 Å². The molecule has 34 heavy (non-hydrogen) atoms. The predicted octanol–water partition coefficient (Wildman–Crippen LogP) is 4.50. The molecule has 3 rings (SSSR count). The lowest BCUT2D eigenvalue weighted by Crippen LogP contribution is -2.33. The lowest BCUT2D eigenvalue weighted by atomic mass is 10.2. The van der Waals surface area contributed by atoms with Crippen LogP contribution in [0.2, 0.25) is 0 Å². The van der Waals surface area contributed by atoms with Crippen molar-refractivity contribution in [2.24, 2.45) is 0 Å². The third-order valence-corrected chi connectivity index (χ3v) is 6.05. The van der Waals surface area contributed by atoms with E-state index in [2.05, 4.69) is 11.4 Å². The summed E-state index contributed by atoms with van der Waals surface area (Å²) in [4.78, 5) is 15.1. The summed E-state index contributed by atoms with van der Waals surface area (Å²) in [5, 5.41) is 12.8. The Morgan fingerprint density at radius 2 is 1.76 bits per heavy atom. The van der Waals surface area contributed by atoms with Crippen molar-refractivity contribution in [3.05, 3.63) is 76.5 Å². The van der Waals surface area contributed by atoms with Gasteiger partial charge in [0.2, 0.25) is 5.91 Å². The zero-order chi connectivity index (χ0) is 24.7. The molecule has 7 nitrogen and oxygen atoms in total. The van der Waals surface area contributed by atoms with E-state index in [0.29, 0.717) is 42.5 Å². The Balaban J connectivity index is 1.78. The Morgan fingerprint density at radius 3 is 2.38 bits per heavy atom. The van der Waals surface area contributed by atoms with Gasteiger partial charge in [-0.1, -0.05) is 43.3 Å². The number of amides is 1. The number of rotatable bonds is 10. The average Bonchev–Trinajstić information content (AvgIpc) is 3.07. The van der Waals surface area contributed by atoms with E-state index in [1.807, 2.05) is 78.8 Å². The normalized spacial score (nSPS) is 10.7. The maximum absolute atomic E-state index is 13.1. The monoisotopic (exact) mass is 460 g/mol. The number of carbonyl (C=O) groups excluding carboxylic acids is 1. The maximum atomic E-state index is 13.1. The van der Waals surface area contributed by atoms with E-state index in [9.17, 15) is 10.1 Å². The first-order valence-electron chi connectivity index (χ1n) is 11.3. The number of hydrogen-bond donors (Lipinski definition) is 1. The first-order chi connectivity index (χ1) is 16.4. The lowest BCUT2D eigenvalue weighted by molar-refractivity contribution is -0.117. The van der Waals surface area contributed by atoms with Gasteiger partial charge in [0.15, 0.2) is 11.5 Å². The van der Waals surface area contributed by atoms with Crippen LogP contribution in [-0.2, 0) is 17.9 Å². The van der Waals surface area contributed by atoms with Crippen LogP contribution < -0.4 is 14.8 Å². The van der Waals surface area contributed by atoms with E-state index in [1.165, 1.54) is 0 Å². The molecule has 0 saturated carbocycles. The standard InChI is InChI=1S/C27H32N4O3/c1-6-30(16-22-12-13-24(33-4)25(14-22)34-5)18-26(32)29-27-23(15-28)19(2)20(3)31(27)17-21-10-8-7-9-11-21/h7-14H,6,16-18H2,1-5H3,(H,29,32). The minimum absolute atomic E-state index is 0.161. The number of methoxy groups -OCH3 is 2. The number of benzene rings is 2. The van der Waals surface area contributed by atoms with Crippen molar-refractivity contribution in [3.63, 3.8) is 0 Å². The van der Waals surface area contributed by atoms with Crippen LogP contribution in [-0.4, -0.2) is 42.7 Å². The quantitative estimate of drug-likeness (QED) is 0.482. The molecular formula is C27H32N4O3. The molecular weight excluding hydrogens is 428 g/mol. The second-order valence-corrected chi connectivity index (χ2v) is 8.16. The zero-order valence-corrected chi connectivity index (χ0v) is 20.5. The Bertz CT molecular complexity index is 1180. The molecule has 2 aromatic carbocycles. The van der Waals surface area contributed by atoms with Gasteiger partial charge in [0.25, 0.3) is 0 Å². The van der Waals surface area contributed by atoms with Gasteiger partial charge in [-0.3, -0.25) is 9.69 Å². The Labute approximate surface area is 201 Å². The van der Waals surface area contributed by atoms with Crippen LogP contribution in [0.5, 0.6) is 11.5 Å². The fourth-order valence-electron chi connectivity index (χ4n) is 3.99. The van der Waals surface area contributed by atoms with E-state index >= 15 is 0 Å². The molecule has 1 amide bonds. The molecule has 0 bridgehead atoms. The van der Waals surface area contributed by atoms with Gasteiger partial charge in [-0.15, -0.1) is 0 Å². The summed E-state index contributed by atoms with van der Waals surface area (Å²) in [6.07, 6.45) is 0. The van der Waals surface area contributed by atoms with E-state index in [4.69, 9.17) is 9.47 Å². The molecule has 0 saturated heterocycles. The Morgan fingerprint density at radius 1 is 1.06 bits per heavy atom. The van der Waals surface area contributed by atoms with E-state index in [-0.39, 0.29) is 12.5 Å². The van der Waals surface area contributed by atoms with E-state index < -0.39 is 0 Å². The maximum Gasteiger partial charge on any atom is 0.239 e. The zero-order valence-electron chi connectivity index (χ0n) is 20.5. The van der Waals surface area contributed by atoms with Crippen LogP contribution in [0.25, 0.3) is 0 Å². The highest BCUT2D eigenvalue weighted by molar-refractivity contribution is 5.93. The summed E-state index contributed by atoms with van der Waals surface area (Å²) >= 11 is 0. The summed E-state index contributed by atoms with van der Waals surface area (Å²) < 4.78 is 12.7. The first kappa shape index (κ1) is 24.9. The van der Waals surface area contributed by atoms with Gasteiger partial charge in [0.05, 0.1) is 26.3 Å². The molecule has 1 aromatic heterocycles. The summed E-state index contributed by atoms with van der Waals surface area (Å²) in [7, 11) is 3.21. The molecule has 3 aromatic rings. The van der Waals surface area contributed by atoms with Gasteiger partial charge in [-0.2, -0.15) is 5.26 Å². The SMILES string of the molecule is CCN(CC(=O)Nc1c(C#N)c(C)c(C)n1Cc1ccccc1)Cc1ccc(OC)c(OC)c1. The molecule has 0 unspecified atom stereocenters. The highest BCUT2D eigenvalue weighted by atomic mass is 16.5. The van der Waals surface area contributed by atoms with Crippen molar-refractivity contribution >= 4 is 11.7 Å². The second-order valence-electron chi connectivity index (χ2n) is 8.16. The van der Waals surface area contributed by atoms with Gasteiger partial charge < -0.3 is 19.4 Å². The smallest absolute Gasteiger partial charge is 0.239 e. The Kier molecular flexibility index (Phi) is 8.34. The van der Waals surface area contributed by atoms with Crippen LogP contribution in [0.3, 0.4) is 0 Å². The molecule has 1 heterocycles. The number of hydrogen-bond acceptors (Lipinski definition) is 5. The van der Waals surface area contributed by atoms with Crippen molar-refractivity contribution in [1.82, 2.24) is 9.47 Å². The fourth-order valence-corrected chi connectivity index (χ4v) is 3.99. The number of nitrogens with one attached hydrogen (secondary N) is 1. The minimum atomic E-state index is -0.161. The third kappa shape index (κ3) is 5.59. The number of anilines is 1. The summed E-state index contributed by atoms with van der Waals surface area (Å²) in [6, 6.07) is 18.0. The van der Waals surface area contributed by atoms with Crippen molar-refractivity contribution in [1.29, 1.82) is 5.26 Å². The number of aromatic nitrogens is 1. The molecule has 0 fully saturated rings. The highest BCUT2D eigenvalue weighted by Gasteiger charge is 2.21. The summed E-state index contributed by atoms with van der Waals surface area (Å²) in [5.74, 6) is 1.71. The second kappa shape index (κ2) is 11.4. The molecule has 0 aliphatic rings. The first-order valence-corrected chi connectivity index (χ1v) is 11.3. The predicted molar refractivity (Wildman–Crippen MR) is 133 cm³/mol. The van der Waals surface area contributed by atoms with Crippen molar-refractivity contribution in [2.75, 3.05) is 32.6 Å². The van der Waals surface area contributed by atoms with Crippen LogP contribution in [0.4, 0.5) is 5.82 Å². The third-order valence-electron chi connectivity index (χ3n) is 6.05.